The van der Waals surface area contributed by atoms with E-state index in [1.165, 1.54) is 23.1 Å². The zero-order valence-corrected chi connectivity index (χ0v) is 12.4. The summed E-state index contributed by atoms with van der Waals surface area (Å²) in [5, 5.41) is 14.6. The standard InChI is InChI=1S/C10H18N4O2S2/c1-4-11-9-13-14-10(18-9)17-6-8(15)12-7(2)5-16-3/h7H,4-6H2,1-3H3,(H,11,13)(H,12,15). The number of aromatic nitrogens is 2. The minimum Gasteiger partial charge on any atom is -0.383 e. The molecule has 0 aliphatic heterocycles. The molecule has 0 spiro atoms. The van der Waals surface area contributed by atoms with Gasteiger partial charge in [-0.05, 0) is 13.8 Å². The molecular weight excluding hydrogens is 272 g/mol. The summed E-state index contributed by atoms with van der Waals surface area (Å²) >= 11 is 2.84. The SMILES string of the molecule is CCNc1nnc(SCC(=O)NC(C)COC)s1. The van der Waals surface area contributed by atoms with Crippen LogP contribution in [0.1, 0.15) is 13.8 Å². The fraction of sp³-hybridized carbons (Fsp3) is 0.700. The van der Waals surface area contributed by atoms with Crippen molar-refractivity contribution >= 4 is 34.1 Å². The maximum absolute atomic E-state index is 11.6. The number of anilines is 1. The molecule has 1 unspecified atom stereocenters. The smallest absolute Gasteiger partial charge is 0.230 e. The van der Waals surface area contributed by atoms with Crippen LogP contribution in [0.2, 0.25) is 0 Å². The monoisotopic (exact) mass is 290 g/mol. The number of carbonyl (C=O) groups is 1. The number of hydrogen-bond acceptors (Lipinski definition) is 7. The van der Waals surface area contributed by atoms with E-state index in [1.807, 2.05) is 13.8 Å². The van der Waals surface area contributed by atoms with Crippen LogP contribution in [0.25, 0.3) is 0 Å². The number of amides is 1. The Labute approximate surface area is 115 Å². The van der Waals surface area contributed by atoms with Gasteiger partial charge in [0.05, 0.1) is 12.4 Å². The summed E-state index contributed by atoms with van der Waals surface area (Å²) in [5.74, 6) is 0.319. The predicted molar refractivity (Wildman–Crippen MR) is 74.3 cm³/mol. The molecule has 1 aromatic heterocycles. The quantitative estimate of drug-likeness (QED) is 0.701. The number of thioether (sulfide) groups is 1. The molecule has 2 N–H and O–H groups in total. The number of rotatable bonds is 8. The number of nitrogens with zero attached hydrogens (tertiary/aromatic N) is 2. The molecule has 0 aliphatic carbocycles. The number of ether oxygens (including phenoxy) is 1. The topological polar surface area (TPSA) is 76.1 Å². The van der Waals surface area contributed by atoms with Gasteiger partial charge in [0.15, 0.2) is 4.34 Å². The molecular formula is C10H18N4O2S2. The molecule has 1 amide bonds. The fourth-order valence-corrected chi connectivity index (χ4v) is 2.86. The Balaban J connectivity index is 2.28. The lowest BCUT2D eigenvalue weighted by Gasteiger charge is -2.11. The normalized spacial score (nSPS) is 12.2. The van der Waals surface area contributed by atoms with Gasteiger partial charge in [-0.3, -0.25) is 4.79 Å². The molecule has 0 aliphatic rings. The van der Waals surface area contributed by atoms with Crippen LogP contribution >= 0.6 is 23.1 Å². The second kappa shape index (κ2) is 8.28. The van der Waals surface area contributed by atoms with Crippen LogP contribution in [-0.4, -0.2) is 48.2 Å². The Morgan fingerprint density at radius 3 is 3.00 bits per heavy atom. The van der Waals surface area contributed by atoms with Gasteiger partial charge in [0.1, 0.15) is 0 Å². The van der Waals surface area contributed by atoms with E-state index in [-0.39, 0.29) is 11.9 Å². The minimum absolute atomic E-state index is 0.0230. The molecule has 0 bridgehead atoms. The van der Waals surface area contributed by atoms with Crippen molar-refractivity contribution in [1.82, 2.24) is 15.5 Å². The highest BCUT2D eigenvalue weighted by Crippen LogP contribution is 2.24. The zero-order chi connectivity index (χ0) is 13.4. The van der Waals surface area contributed by atoms with Crippen molar-refractivity contribution in [2.45, 2.75) is 24.2 Å². The highest BCUT2D eigenvalue weighted by Gasteiger charge is 2.10. The molecule has 0 saturated heterocycles. The average Bonchev–Trinajstić information content (AvgIpc) is 2.75. The van der Waals surface area contributed by atoms with Crippen LogP contribution in [0.3, 0.4) is 0 Å². The van der Waals surface area contributed by atoms with Crippen LogP contribution in [-0.2, 0) is 9.53 Å². The Morgan fingerprint density at radius 2 is 2.33 bits per heavy atom. The number of hydrogen-bond donors (Lipinski definition) is 2. The van der Waals surface area contributed by atoms with Crippen molar-refractivity contribution in [3.8, 4) is 0 Å². The molecule has 1 atom stereocenters. The first-order valence-electron chi connectivity index (χ1n) is 5.64. The van der Waals surface area contributed by atoms with Gasteiger partial charge in [-0.1, -0.05) is 23.1 Å². The van der Waals surface area contributed by atoms with E-state index in [0.29, 0.717) is 12.4 Å². The van der Waals surface area contributed by atoms with Crippen LogP contribution in [0.15, 0.2) is 4.34 Å². The van der Waals surface area contributed by atoms with Gasteiger partial charge in [-0.25, -0.2) is 0 Å². The summed E-state index contributed by atoms with van der Waals surface area (Å²) < 4.78 is 5.74. The number of carbonyl (C=O) groups excluding carboxylic acids is 1. The third-order valence-electron chi connectivity index (χ3n) is 1.89. The molecule has 1 heterocycles. The zero-order valence-electron chi connectivity index (χ0n) is 10.7. The largest absolute Gasteiger partial charge is 0.383 e. The molecule has 18 heavy (non-hydrogen) atoms. The van der Waals surface area contributed by atoms with E-state index < -0.39 is 0 Å². The highest BCUT2D eigenvalue weighted by molar-refractivity contribution is 8.01. The van der Waals surface area contributed by atoms with Gasteiger partial charge in [-0.15, -0.1) is 10.2 Å². The lowest BCUT2D eigenvalue weighted by molar-refractivity contribution is -0.119. The van der Waals surface area contributed by atoms with Crippen molar-refractivity contribution in [2.75, 3.05) is 31.3 Å². The maximum Gasteiger partial charge on any atom is 0.230 e. The maximum atomic E-state index is 11.6. The van der Waals surface area contributed by atoms with Gasteiger partial charge in [0, 0.05) is 19.7 Å². The molecule has 102 valence electrons. The van der Waals surface area contributed by atoms with Crippen LogP contribution in [0.5, 0.6) is 0 Å². The molecule has 6 nitrogen and oxygen atoms in total. The van der Waals surface area contributed by atoms with Gasteiger partial charge >= 0.3 is 0 Å². The van der Waals surface area contributed by atoms with Gasteiger partial charge in [0.2, 0.25) is 11.0 Å². The van der Waals surface area contributed by atoms with Gasteiger partial charge < -0.3 is 15.4 Å². The van der Waals surface area contributed by atoms with E-state index in [9.17, 15) is 4.79 Å². The molecule has 1 rings (SSSR count). The molecule has 0 aromatic carbocycles. The first-order chi connectivity index (χ1) is 8.65. The van der Waals surface area contributed by atoms with E-state index >= 15 is 0 Å². The van der Waals surface area contributed by atoms with Crippen molar-refractivity contribution in [1.29, 1.82) is 0 Å². The van der Waals surface area contributed by atoms with E-state index in [2.05, 4.69) is 20.8 Å². The summed E-state index contributed by atoms with van der Waals surface area (Å²) in [5.41, 5.74) is 0. The minimum atomic E-state index is -0.0234. The van der Waals surface area contributed by atoms with Gasteiger partial charge in [-0.2, -0.15) is 0 Å². The van der Waals surface area contributed by atoms with E-state index in [0.717, 1.165) is 16.0 Å². The summed E-state index contributed by atoms with van der Waals surface area (Å²) in [6, 6.07) is 0.0230. The van der Waals surface area contributed by atoms with Crippen molar-refractivity contribution in [2.24, 2.45) is 0 Å². The third kappa shape index (κ3) is 5.65. The van der Waals surface area contributed by atoms with E-state index in [4.69, 9.17) is 4.74 Å². The van der Waals surface area contributed by atoms with Crippen LogP contribution in [0, 0.1) is 0 Å². The van der Waals surface area contributed by atoms with Crippen molar-refractivity contribution in [3.05, 3.63) is 0 Å². The van der Waals surface area contributed by atoms with E-state index in [1.54, 1.807) is 7.11 Å². The molecule has 8 heteroatoms. The lowest BCUT2D eigenvalue weighted by Crippen LogP contribution is -2.36. The summed E-state index contributed by atoms with van der Waals surface area (Å²) in [6.45, 7) is 5.23. The molecule has 0 saturated carbocycles. The molecule has 0 radical (unpaired) electrons. The number of methoxy groups -OCH3 is 1. The Morgan fingerprint density at radius 1 is 1.56 bits per heavy atom. The Bertz CT molecular complexity index is 373. The second-order valence-corrected chi connectivity index (χ2v) is 5.82. The van der Waals surface area contributed by atoms with Gasteiger partial charge in [0.25, 0.3) is 0 Å². The fourth-order valence-electron chi connectivity index (χ4n) is 1.23. The Kier molecular flexibility index (Phi) is 6.99. The average molecular weight is 290 g/mol. The number of nitrogens with one attached hydrogen (secondary N) is 2. The first-order valence-corrected chi connectivity index (χ1v) is 7.44. The van der Waals surface area contributed by atoms with Crippen molar-refractivity contribution < 1.29 is 9.53 Å². The van der Waals surface area contributed by atoms with Crippen LogP contribution < -0.4 is 10.6 Å². The van der Waals surface area contributed by atoms with Crippen LogP contribution in [0.4, 0.5) is 5.13 Å². The highest BCUT2D eigenvalue weighted by atomic mass is 32.2. The molecule has 0 fully saturated rings. The first kappa shape index (κ1) is 15.2. The Hall–Kier alpha value is -0.860. The second-order valence-electron chi connectivity index (χ2n) is 3.62. The third-order valence-corrected chi connectivity index (χ3v) is 3.90. The summed E-state index contributed by atoms with van der Waals surface area (Å²) in [6.07, 6.45) is 0. The van der Waals surface area contributed by atoms with Crippen molar-refractivity contribution in [3.63, 3.8) is 0 Å². The lowest BCUT2D eigenvalue weighted by atomic mass is 10.3. The molecule has 1 aromatic rings. The predicted octanol–water partition coefficient (Wildman–Crippen LogP) is 1.21. The summed E-state index contributed by atoms with van der Waals surface area (Å²) in [7, 11) is 1.61. The summed E-state index contributed by atoms with van der Waals surface area (Å²) in [4.78, 5) is 11.6.